The zero-order chi connectivity index (χ0) is 16.6. The van der Waals surface area contributed by atoms with Crippen LogP contribution in [0.15, 0.2) is 54.6 Å². The smallest absolute Gasteiger partial charge is 0.220 e. The van der Waals surface area contributed by atoms with Gasteiger partial charge in [0, 0.05) is 6.42 Å². The molecule has 3 rings (SSSR count). The number of carbonyl (C=O) groups is 1. The van der Waals surface area contributed by atoms with Gasteiger partial charge in [0.1, 0.15) is 12.4 Å². The number of ether oxygens (including phenoxy) is 1. The molecule has 0 saturated heterocycles. The fourth-order valence-electron chi connectivity index (χ4n) is 2.39. The number of thiazole rings is 1. The fraction of sp³-hybridized carbons (Fsp3) is 0.263. The van der Waals surface area contributed by atoms with Crippen LogP contribution in [0.1, 0.15) is 17.8 Å². The summed E-state index contributed by atoms with van der Waals surface area (Å²) in [4.78, 5) is 16.4. The predicted molar refractivity (Wildman–Crippen MR) is 97.5 cm³/mol. The lowest BCUT2D eigenvalue weighted by Gasteiger charge is -2.07. The monoisotopic (exact) mass is 340 g/mol. The van der Waals surface area contributed by atoms with Gasteiger partial charge in [0.15, 0.2) is 0 Å². The molecule has 2 aromatic carbocycles. The first kappa shape index (κ1) is 16.5. The van der Waals surface area contributed by atoms with Crippen molar-refractivity contribution >= 4 is 27.5 Å². The Kier molecular flexibility index (Phi) is 5.80. The Morgan fingerprint density at radius 2 is 1.88 bits per heavy atom. The van der Waals surface area contributed by atoms with E-state index in [1.807, 2.05) is 48.5 Å². The first-order chi connectivity index (χ1) is 11.8. The van der Waals surface area contributed by atoms with Crippen LogP contribution in [0, 0.1) is 0 Å². The van der Waals surface area contributed by atoms with Crippen molar-refractivity contribution < 1.29 is 9.53 Å². The maximum Gasteiger partial charge on any atom is 0.220 e. The fourth-order valence-corrected chi connectivity index (χ4v) is 3.40. The number of nitrogens with zero attached hydrogens (tertiary/aromatic N) is 1. The van der Waals surface area contributed by atoms with E-state index in [-0.39, 0.29) is 5.91 Å². The molecule has 1 heterocycles. The molecule has 1 amide bonds. The van der Waals surface area contributed by atoms with Gasteiger partial charge in [-0.1, -0.05) is 30.3 Å². The number of hydrogen-bond acceptors (Lipinski definition) is 4. The largest absolute Gasteiger partial charge is 0.492 e. The summed E-state index contributed by atoms with van der Waals surface area (Å²) >= 11 is 1.71. The van der Waals surface area contributed by atoms with E-state index in [0.29, 0.717) is 19.6 Å². The summed E-state index contributed by atoms with van der Waals surface area (Å²) in [5.74, 6) is 0.885. The van der Waals surface area contributed by atoms with Crippen molar-refractivity contribution in [3.8, 4) is 5.75 Å². The van der Waals surface area contributed by atoms with Crippen LogP contribution in [-0.4, -0.2) is 24.0 Å². The minimum atomic E-state index is 0.0628. The summed E-state index contributed by atoms with van der Waals surface area (Å²) in [5, 5.41) is 3.98. The summed E-state index contributed by atoms with van der Waals surface area (Å²) in [6.45, 7) is 1.00. The van der Waals surface area contributed by atoms with Gasteiger partial charge < -0.3 is 10.1 Å². The number of carbonyl (C=O) groups excluding carboxylic acids is 1. The first-order valence-electron chi connectivity index (χ1n) is 8.10. The molecular formula is C19H20N2O2S. The number of aromatic nitrogens is 1. The van der Waals surface area contributed by atoms with Crippen LogP contribution in [0.3, 0.4) is 0 Å². The highest BCUT2D eigenvalue weighted by Gasteiger charge is 2.05. The number of nitrogens with one attached hydrogen (secondary N) is 1. The van der Waals surface area contributed by atoms with Crippen molar-refractivity contribution in [3.63, 3.8) is 0 Å². The van der Waals surface area contributed by atoms with E-state index in [0.717, 1.165) is 29.1 Å². The van der Waals surface area contributed by atoms with Gasteiger partial charge in [0.2, 0.25) is 5.91 Å². The van der Waals surface area contributed by atoms with Crippen molar-refractivity contribution in [2.24, 2.45) is 0 Å². The molecule has 5 heteroatoms. The van der Waals surface area contributed by atoms with Crippen molar-refractivity contribution in [1.29, 1.82) is 0 Å². The molecule has 0 unspecified atom stereocenters. The Morgan fingerprint density at radius 1 is 1.08 bits per heavy atom. The van der Waals surface area contributed by atoms with Crippen LogP contribution in [0.2, 0.25) is 0 Å². The minimum absolute atomic E-state index is 0.0628. The number of aryl methyl sites for hydroxylation is 1. The van der Waals surface area contributed by atoms with E-state index >= 15 is 0 Å². The van der Waals surface area contributed by atoms with Gasteiger partial charge in [0.05, 0.1) is 21.8 Å². The van der Waals surface area contributed by atoms with Crippen LogP contribution >= 0.6 is 11.3 Å². The lowest BCUT2D eigenvalue weighted by Crippen LogP contribution is -2.27. The normalized spacial score (nSPS) is 10.7. The summed E-state index contributed by atoms with van der Waals surface area (Å²) in [6.07, 6.45) is 2.17. The highest BCUT2D eigenvalue weighted by Crippen LogP contribution is 2.22. The Labute approximate surface area is 145 Å². The second kappa shape index (κ2) is 8.45. The van der Waals surface area contributed by atoms with Gasteiger partial charge >= 0.3 is 0 Å². The van der Waals surface area contributed by atoms with Crippen LogP contribution < -0.4 is 10.1 Å². The molecule has 0 aliphatic rings. The summed E-state index contributed by atoms with van der Waals surface area (Å²) < 4.78 is 6.74. The molecule has 4 nitrogen and oxygen atoms in total. The Hall–Kier alpha value is -2.40. The highest BCUT2D eigenvalue weighted by atomic mass is 32.1. The SMILES string of the molecule is O=C(CCCc1nc2ccccc2s1)NCCOc1ccccc1. The third-order valence-electron chi connectivity index (χ3n) is 3.57. The third kappa shape index (κ3) is 4.80. The maximum absolute atomic E-state index is 11.8. The maximum atomic E-state index is 11.8. The molecule has 124 valence electrons. The van der Waals surface area contributed by atoms with E-state index in [2.05, 4.69) is 16.4 Å². The zero-order valence-corrected chi connectivity index (χ0v) is 14.2. The average Bonchev–Trinajstić information content (AvgIpc) is 3.02. The molecule has 0 atom stereocenters. The van der Waals surface area contributed by atoms with Crippen molar-refractivity contribution in [2.75, 3.05) is 13.2 Å². The quantitative estimate of drug-likeness (QED) is 0.634. The van der Waals surface area contributed by atoms with E-state index in [9.17, 15) is 4.79 Å². The number of para-hydroxylation sites is 2. The Bertz CT molecular complexity index is 753. The average molecular weight is 340 g/mol. The van der Waals surface area contributed by atoms with Crippen molar-refractivity contribution in [2.45, 2.75) is 19.3 Å². The van der Waals surface area contributed by atoms with Crippen LogP contribution in [0.5, 0.6) is 5.75 Å². The Balaban J connectivity index is 1.32. The van der Waals surface area contributed by atoms with E-state index in [1.165, 1.54) is 4.70 Å². The predicted octanol–water partition coefficient (Wildman–Crippen LogP) is 3.81. The highest BCUT2D eigenvalue weighted by molar-refractivity contribution is 7.18. The zero-order valence-electron chi connectivity index (χ0n) is 13.4. The molecule has 0 radical (unpaired) electrons. The van der Waals surface area contributed by atoms with Crippen LogP contribution in [0.4, 0.5) is 0 Å². The van der Waals surface area contributed by atoms with E-state index < -0.39 is 0 Å². The van der Waals surface area contributed by atoms with Gasteiger partial charge in [-0.05, 0) is 37.1 Å². The first-order valence-corrected chi connectivity index (χ1v) is 8.92. The summed E-state index contributed by atoms with van der Waals surface area (Å²) in [7, 11) is 0. The molecule has 1 aromatic heterocycles. The van der Waals surface area contributed by atoms with Gasteiger partial charge in [0.25, 0.3) is 0 Å². The van der Waals surface area contributed by atoms with E-state index in [4.69, 9.17) is 4.74 Å². The summed E-state index contributed by atoms with van der Waals surface area (Å²) in [5.41, 5.74) is 1.04. The van der Waals surface area contributed by atoms with Crippen molar-refractivity contribution in [1.82, 2.24) is 10.3 Å². The Morgan fingerprint density at radius 3 is 2.71 bits per heavy atom. The number of hydrogen-bond donors (Lipinski definition) is 1. The topological polar surface area (TPSA) is 51.2 Å². The van der Waals surface area contributed by atoms with Gasteiger partial charge in [-0.2, -0.15) is 0 Å². The van der Waals surface area contributed by atoms with Gasteiger partial charge in [-0.25, -0.2) is 4.98 Å². The van der Waals surface area contributed by atoms with E-state index in [1.54, 1.807) is 11.3 Å². The minimum Gasteiger partial charge on any atom is -0.492 e. The molecule has 0 spiro atoms. The van der Waals surface area contributed by atoms with Gasteiger partial charge in [-0.15, -0.1) is 11.3 Å². The number of rotatable bonds is 8. The van der Waals surface area contributed by atoms with Gasteiger partial charge in [-0.3, -0.25) is 4.79 Å². The van der Waals surface area contributed by atoms with Crippen LogP contribution in [0.25, 0.3) is 10.2 Å². The molecule has 0 fully saturated rings. The number of fused-ring (bicyclic) bond motifs is 1. The lowest BCUT2D eigenvalue weighted by atomic mass is 10.2. The molecule has 0 aliphatic carbocycles. The molecule has 0 aliphatic heterocycles. The van der Waals surface area contributed by atoms with Crippen molar-refractivity contribution in [3.05, 3.63) is 59.6 Å². The van der Waals surface area contributed by atoms with Crippen LogP contribution in [-0.2, 0) is 11.2 Å². The molecule has 24 heavy (non-hydrogen) atoms. The third-order valence-corrected chi connectivity index (χ3v) is 4.66. The molecular weight excluding hydrogens is 320 g/mol. The lowest BCUT2D eigenvalue weighted by molar-refractivity contribution is -0.121. The second-order valence-corrected chi connectivity index (χ2v) is 6.56. The molecule has 1 N–H and O–H groups in total. The number of benzene rings is 2. The summed E-state index contributed by atoms with van der Waals surface area (Å²) in [6, 6.07) is 17.7. The number of amides is 1. The molecule has 0 bridgehead atoms. The standard InChI is InChI=1S/C19H20N2O2S/c22-18(20-13-14-23-15-7-2-1-3-8-15)11-6-12-19-21-16-9-4-5-10-17(16)24-19/h1-5,7-10H,6,11-14H2,(H,20,22). The molecule has 0 saturated carbocycles. The second-order valence-electron chi connectivity index (χ2n) is 5.44. The molecule has 3 aromatic rings.